The standard InChI is InChI=1S/C15H34N2/c1-8-15(9-2,17(11-4)12-5)14(13(6)7)16-10-3/h13-14,16H,8-12H2,1-7H3. The van der Waals surface area contributed by atoms with Gasteiger partial charge in [0.2, 0.25) is 0 Å². The van der Waals surface area contributed by atoms with Crippen LogP contribution >= 0.6 is 0 Å². The van der Waals surface area contributed by atoms with E-state index in [1.165, 1.54) is 12.8 Å². The van der Waals surface area contributed by atoms with Crippen molar-refractivity contribution in [2.45, 2.75) is 72.9 Å². The lowest BCUT2D eigenvalue weighted by atomic mass is 9.77. The number of nitrogens with one attached hydrogen (secondary N) is 1. The van der Waals surface area contributed by atoms with Gasteiger partial charge in [-0.1, -0.05) is 48.5 Å². The minimum absolute atomic E-state index is 0.313. The second-order valence-corrected chi connectivity index (χ2v) is 5.26. The number of hydrogen-bond acceptors (Lipinski definition) is 2. The first-order valence-electron chi connectivity index (χ1n) is 7.52. The first-order valence-corrected chi connectivity index (χ1v) is 7.52. The molecule has 0 aliphatic rings. The Bertz CT molecular complexity index is 181. The summed E-state index contributed by atoms with van der Waals surface area (Å²) in [7, 11) is 0. The highest BCUT2D eigenvalue weighted by Gasteiger charge is 2.40. The van der Waals surface area contributed by atoms with Crippen LogP contribution in [0.25, 0.3) is 0 Å². The quantitative estimate of drug-likeness (QED) is 0.665. The van der Waals surface area contributed by atoms with Crippen molar-refractivity contribution in [1.82, 2.24) is 10.2 Å². The first-order chi connectivity index (χ1) is 8.03. The highest BCUT2D eigenvalue weighted by molar-refractivity contribution is 4.99. The van der Waals surface area contributed by atoms with Crippen molar-refractivity contribution in [1.29, 1.82) is 0 Å². The van der Waals surface area contributed by atoms with E-state index in [0.29, 0.717) is 17.5 Å². The van der Waals surface area contributed by atoms with Crippen molar-refractivity contribution in [3.05, 3.63) is 0 Å². The van der Waals surface area contributed by atoms with Crippen LogP contribution in [0.5, 0.6) is 0 Å². The van der Waals surface area contributed by atoms with Gasteiger partial charge < -0.3 is 5.32 Å². The van der Waals surface area contributed by atoms with Gasteiger partial charge in [-0.15, -0.1) is 0 Å². The molecule has 0 saturated heterocycles. The maximum Gasteiger partial charge on any atom is 0.0359 e. The van der Waals surface area contributed by atoms with Crippen molar-refractivity contribution in [3.63, 3.8) is 0 Å². The number of hydrogen-bond donors (Lipinski definition) is 1. The SMILES string of the molecule is CCNC(C(C)C)C(CC)(CC)N(CC)CC. The predicted octanol–water partition coefficient (Wildman–Crippen LogP) is 3.52. The maximum absolute atomic E-state index is 3.73. The molecule has 0 aliphatic heterocycles. The van der Waals surface area contributed by atoms with E-state index in [2.05, 4.69) is 58.7 Å². The van der Waals surface area contributed by atoms with Gasteiger partial charge >= 0.3 is 0 Å². The van der Waals surface area contributed by atoms with E-state index >= 15 is 0 Å². The lowest BCUT2D eigenvalue weighted by molar-refractivity contribution is 0.0330. The minimum atomic E-state index is 0.313. The van der Waals surface area contributed by atoms with Gasteiger partial charge in [0.05, 0.1) is 0 Å². The van der Waals surface area contributed by atoms with Crippen molar-refractivity contribution in [2.75, 3.05) is 19.6 Å². The number of likely N-dealkylation sites (N-methyl/N-ethyl adjacent to an activating group) is 2. The second-order valence-electron chi connectivity index (χ2n) is 5.26. The summed E-state index contributed by atoms with van der Waals surface area (Å²) in [6.45, 7) is 19.5. The second kappa shape index (κ2) is 8.10. The van der Waals surface area contributed by atoms with Crippen molar-refractivity contribution in [3.8, 4) is 0 Å². The molecule has 1 atom stereocenters. The van der Waals surface area contributed by atoms with Crippen LogP contribution in [0.1, 0.15) is 61.3 Å². The Morgan fingerprint density at radius 2 is 1.41 bits per heavy atom. The fraction of sp³-hybridized carbons (Fsp3) is 1.00. The molecule has 0 bridgehead atoms. The molecule has 17 heavy (non-hydrogen) atoms. The maximum atomic E-state index is 3.73. The molecule has 0 spiro atoms. The molecule has 0 aromatic carbocycles. The summed E-state index contributed by atoms with van der Waals surface area (Å²) >= 11 is 0. The highest BCUT2D eigenvalue weighted by Crippen LogP contribution is 2.31. The average molecular weight is 242 g/mol. The van der Waals surface area contributed by atoms with E-state index in [0.717, 1.165) is 19.6 Å². The fourth-order valence-electron chi connectivity index (χ4n) is 3.45. The Morgan fingerprint density at radius 1 is 0.941 bits per heavy atom. The molecule has 2 heteroatoms. The molecule has 0 amide bonds. The Balaban J connectivity index is 5.24. The summed E-state index contributed by atoms with van der Waals surface area (Å²) in [5.41, 5.74) is 0.313. The summed E-state index contributed by atoms with van der Waals surface area (Å²) in [5.74, 6) is 0.676. The molecule has 0 aliphatic carbocycles. The topological polar surface area (TPSA) is 15.3 Å². The zero-order valence-electron chi connectivity index (χ0n) is 13.1. The summed E-state index contributed by atoms with van der Waals surface area (Å²) in [6, 6.07) is 0.586. The molecule has 1 unspecified atom stereocenters. The molecular weight excluding hydrogens is 208 g/mol. The molecule has 0 aromatic heterocycles. The lowest BCUT2D eigenvalue weighted by Gasteiger charge is -2.50. The Morgan fingerprint density at radius 3 is 1.65 bits per heavy atom. The summed E-state index contributed by atoms with van der Waals surface area (Å²) in [5, 5.41) is 3.73. The normalized spacial score (nSPS) is 14.6. The number of rotatable bonds is 9. The van der Waals surface area contributed by atoms with Gasteiger partial charge in [0.25, 0.3) is 0 Å². The molecule has 0 saturated carbocycles. The smallest absolute Gasteiger partial charge is 0.0359 e. The zero-order valence-corrected chi connectivity index (χ0v) is 13.1. The third-order valence-electron chi connectivity index (χ3n) is 4.29. The van der Waals surface area contributed by atoms with Gasteiger partial charge in [-0.2, -0.15) is 0 Å². The molecular formula is C15H34N2. The average Bonchev–Trinajstić information content (AvgIpc) is 2.33. The van der Waals surface area contributed by atoms with Crippen molar-refractivity contribution in [2.24, 2.45) is 5.92 Å². The summed E-state index contributed by atoms with van der Waals surface area (Å²) < 4.78 is 0. The largest absolute Gasteiger partial charge is 0.312 e. The Hall–Kier alpha value is -0.0800. The van der Waals surface area contributed by atoms with Crippen LogP contribution in [0.3, 0.4) is 0 Å². The van der Waals surface area contributed by atoms with Gasteiger partial charge in [0.1, 0.15) is 0 Å². The molecule has 0 aromatic rings. The van der Waals surface area contributed by atoms with Crippen LogP contribution in [0.2, 0.25) is 0 Å². The molecule has 0 heterocycles. The van der Waals surface area contributed by atoms with Gasteiger partial charge in [0.15, 0.2) is 0 Å². The van der Waals surface area contributed by atoms with Crippen LogP contribution in [0.4, 0.5) is 0 Å². The van der Waals surface area contributed by atoms with E-state index in [-0.39, 0.29) is 0 Å². The summed E-state index contributed by atoms with van der Waals surface area (Å²) in [4.78, 5) is 2.65. The Labute approximate surface area is 109 Å². The zero-order chi connectivity index (χ0) is 13.5. The third-order valence-corrected chi connectivity index (χ3v) is 4.29. The first kappa shape index (κ1) is 16.9. The van der Waals surface area contributed by atoms with Crippen LogP contribution in [-0.2, 0) is 0 Å². The van der Waals surface area contributed by atoms with E-state index in [9.17, 15) is 0 Å². The summed E-state index contributed by atoms with van der Waals surface area (Å²) in [6.07, 6.45) is 2.45. The molecule has 0 fully saturated rings. The monoisotopic (exact) mass is 242 g/mol. The highest BCUT2D eigenvalue weighted by atomic mass is 15.2. The van der Waals surface area contributed by atoms with Crippen molar-refractivity contribution >= 4 is 0 Å². The molecule has 2 nitrogen and oxygen atoms in total. The van der Waals surface area contributed by atoms with Gasteiger partial charge in [-0.3, -0.25) is 4.90 Å². The van der Waals surface area contributed by atoms with Crippen LogP contribution < -0.4 is 5.32 Å². The molecule has 0 radical (unpaired) electrons. The minimum Gasteiger partial charge on any atom is -0.312 e. The Kier molecular flexibility index (Phi) is 8.06. The van der Waals surface area contributed by atoms with E-state index in [1.54, 1.807) is 0 Å². The fourth-order valence-corrected chi connectivity index (χ4v) is 3.45. The van der Waals surface area contributed by atoms with E-state index in [1.807, 2.05) is 0 Å². The van der Waals surface area contributed by atoms with E-state index in [4.69, 9.17) is 0 Å². The van der Waals surface area contributed by atoms with E-state index < -0.39 is 0 Å². The lowest BCUT2D eigenvalue weighted by Crippen LogP contribution is -2.62. The number of nitrogens with zero attached hydrogens (tertiary/aromatic N) is 1. The van der Waals surface area contributed by atoms with Gasteiger partial charge in [-0.25, -0.2) is 0 Å². The van der Waals surface area contributed by atoms with Crippen LogP contribution in [-0.4, -0.2) is 36.1 Å². The molecule has 0 rings (SSSR count). The van der Waals surface area contributed by atoms with Gasteiger partial charge in [0, 0.05) is 11.6 Å². The van der Waals surface area contributed by atoms with Crippen LogP contribution in [0.15, 0.2) is 0 Å². The van der Waals surface area contributed by atoms with Crippen LogP contribution in [0, 0.1) is 5.92 Å². The predicted molar refractivity (Wildman–Crippen MR) is 78.5 cm³/mol. The molecule has 104 valence electrons. The van der Waals surface area contributed by atoms with Gasteiger partial charge in [-0.05, 0) is 38.4 Å². The third kappa shape index (κ3) is 3.69. The molecule has 1 N–H and O–H groups in total. The van der Waals surface area contributed by atoms with Crippen molar-refractivity contribution < 1.29 is 0 Å².